The number of ether oxygens (including phenoxy) is 1. The molecule has 1 unspecified atom stereocenters. The number of nitrogens with two attached hydrogens (primary N) is 1. The molecule has 0 saturated carbocycles. The Hall–Kier alpha value is -1.75. The molecule has 0 aromatic heterocycles. The topological polar surface area (TPSA) is 92.8 Å². The number of phenols is 2. The third-order valence-corrected chi connectivity index (χ3v) is 3.04. The summed E-state index contributed by atoms with van der Waals surface area (Å²) in [6, 6.07) is 3.56. The fraction of sp³-hybridized carbons (Fsp3) is 0.500. The van der Waals surface area contributed by atoms with Crippen molar-refractivity contribution in [2.75, 3.05) is 0 Å². The molecule has 0 heterocycles. The largest absolute Gasteiger partial charge is 0.504 e. The second-order valence-electron chi connectivity index (χ2n) is 5.02. The number of rotatable bonds is 5. The summed E-state index contributed by atoms with van der Waals surface area (Å²) in [6.07, 6.45) is 0.0593. The number of carbonyl (C=O) groups is 1. The van der Waals surface area contributed by atoms with Gasteiger partial charge >= 0.3 is 5.97 Å². The molecule has 2 atom stereocenters. The van der Waals surface area contributed by atoms with Gasteiger partial charge in [0.15, 0.2) is 11.5 Å². The molecule has 0 aliphatic heterocycles. The van der Waals surface area contributed by atoms with Crippen LogP contribution in [0.3, 0.4) is 0 Å². The third kappa shape index (κ3) is 4.44. The van der Waals surface area contributed by atoms with Crippen LogP contribution in [-0.2, 0) is 16.0 Å². The summed E-state index contributed by atoms with van der Waals surface area (Å²) in [5.41, 5.74) is 6.43. The van der Waals surface area contributed by atoms with E-state index < -0.39 is 12.0 Å². The molecule has 0 aliphatic carbocycles. The molecule has 5 heteroatoms. The maximum atomic E-state index is 11.8. The minimum Gasteiger partial charge on any atom is -0.504 e. The van der Waals surface area contributed by atoms with Crippen LogP contribution < -0.4 is 5.73 Å². The number of aromatic hydroxyl groups is 2. The SMILES string of the molecule is CC(C)C(C)OC(=O)[C@@H](N)Cc1ccc(O)c(O)c1. The van der Waals surface area contributed by atoms with Crippen molar-refractivity contribution in [1.29, 1.82) is 0 Å². The standard InChI is InChI=1S/C14H21NO4/c1-8(2)9(3)19-14(18)11(15)6-10-4-5-12(16)13(17)7-10/h4-5,7-9,11,16-17H,6,15H2,1-3H3/t9?,11-/m0/s1. The first-order chi connectivity index (χ1) is 8.81. The van der Waals surface area contributed by atoms with Crippen LogP contribution in [0.4, 0.5) is 0 Å². The van der Waals surface area contributed by atoms with Gasteiger partial charge in [-0.2, -0.15) is 0 Å². The highest BCUT2D eigenvalue weighted by Gasteiger charge is 2.20. The van der Waals surface area contributed by atoms with Crippen molar-refractivity contribution < 1.29 is 19.7 Å². The zero-order chi connectivity index (χ0) is 14.6. The molecule has 0 bridgehead atoms. The van der Waals surface area contributed by atoms with Gasteiger partial charge in [-0.15, -0.1) is 0 Å². The minimum absolute atomic E-state index is 0.188. The quantitative estimate of drug-likeness (QED) is 0.556. The molecule has 5 nitrogen and oxygen atoms in total. The number of esters is 1. The van der Waals surface area contributed by atoms with Gasteiger partial charge < -0.3 is 20.7 Å². The van der Waals surface area contributed by atoms with Crippen LogP contribution in [0.1, 0.15) is 26.3 Å². The first kappa shape index (κ1) is 15.3. The Morgan fingerprint density at radius 2 is 1.89 bits per heavy atom. The summed E-state index contributed by atoms with van der Waals surface area (Å²) >= 11 is 0. The number of carbonyl (C=O) groups excluding carboxylic acids is 1. The smallest absolute Gasteiger partial charge is 0.323 e. The predicted octanol–water partition coefficient (Wildman–Crippen LogP) is 1.56. The van der Waals surface area contributed by atoms with E-state index in [1.165, 1.54) is 12.1 Å². The molecule has 0 radical (unpaired) electrons. The Morgan fingerprint density at radius 1 is 1.26 bits per heavy atom. The van der Waals surface area contributed by atoms with Gasteiger partial charge in [0.25, 0.3) is 0 Å². The lowest BCUT2D eigenvalue weighted by molar-refractivity contribution is -0.151. The van der Waals surface area contributed by atoms with E-state index in [1.54, 1.807) is 6.07 Å². The van der Waals surface area contributed by atoms with Gasteiger partial charge in [0.05, 0.1) is 0 Å². The molecular formula is C14H21NO4. The number of phenolic OH excluding ortho intramolecular Hbond substituents is 2. The van der Waals surface area contributed by atoms with Gasteiger partial charge in [-0.25, -0.2) is 0 Å². The molecule has 0 amide bonds. The number of benzene rings is 1. The number of hydrogen-bond donors (Lipinski definition) is 3. The molecule has 0 aliphatic rings. The van der Waals surface area contributed by atoms with Crippen LogP contribution in [0.5, 0.6) is 11.5 Å². The molecule has 19 heavy (non-hydrogen) atoms. The van der Waals surface area contributed by atoms with Crippen LogP contribution in [0.2, 0.25) is 0 Å². The zero-order valence-electron chi connectivity index (χ0n) is 11.5. The van der Waals surface area contributed by atoms with E-state index in [2.05, 4.69) is 0 Å². The summed E-state index contributed by atoms with van der Waals surface area (Å²) in [5.74, 6) is -0.662. The lowest BCUT2D eigenvalue weighted by Gasteiger charge is -2.19. The van der Waals surface area contributed by atoms with Crippen LogP contribution in [0, 0.1) is 5.92 Å². The fourth-order valence-corrected chi connectivity index (χ4v) is 1.44. The maximum Gasteiger partial charge on any atom is 0.323 e. The van der Waals surface area contributed by atoms with E-state index in [-0.39, 0.29) is 29.9 Å². The van der Waals surface area contributed by atoms with Gasteiger partial charge in [0.2, 0.25) is 0 Å². The number of hydrogen-bond acceptors (Lipinski definition) is 5. The second-order valence-corrected chi connectivity index (χ2v) is 5.02. The van der Waals surface area contributed by atoms with Gasteiger partial charge in [0.1, 0.15) is 12.1 Å². The van der Waals surface area contributed by atoms with Gasteiger partial charge in [-0.05, 0) is 37.0 Å². The highest BCUT2D eigenvalue weighted by Crippen LogP contribution is 2.25. The lowest BCUT2D eigenvalue weighted by Crippen LogP contribution is -2.37. The Bertz CT molecular complexity index is 445. The molecule has 0 saturated heterocycles. The van der Waals surface area contributed by atoms with E-state index in [0.717, 1.165) is 0 Å². The van der Waals surface area contributed by atoms with E-state index in [1.807, 2.05) is 20.8 Å². The highest BCUT2D eigenvalue weighted by atomic mass is 16.5. The molecule has 0 spiro atoms. The Morgan fingerprint density at radius 3 is 2.42 bits per heavy atom. The molecular weight excluding hydrogens is 246 g/mol. The lowest BCUT2D eigenvalue weighted by atomic mass is 10.1. The van der Waals surface area contributed by atoms with Crippen molar-refractivity contribution in [3.05, 3.63) is 23.8 Å². The average molecular weight is 267 g/mol. The molecule has 1 aromatic rings. The van der Waals surface area contributed by atoms with Crippen LogP contribution in [0.15, 0.2) is 18.2 Å². The zero-order valence-corrected chi connectivity index (χ0v) is 11.5. The summed E-state index contributed by atoms with van der Waals surface area (Å²) in [6.45, 7) is 5.74. The summed E-state index contributed by atoms with van der Waals surface area (Å²) in [4.78, 5) is 11.8. The van der Waals surface area contributed by atoms with Gasteiger partial charge in [0, 0.05) is 0 Å². The van der Waals surface area contributed by atoms with Crippen molar-refractivity contribution in [2.24, 2.45) is 11.7 Å². The monoisotopic (exact) mass is 267 g/mol. The molecule has 4 N–H and O–H groups in total. The highest BCUT2D eigenvalue weighted by molar-refractivity contribution is 5.76. The van der Waals surface area contributed by atoms with Crippen molar-refractivity contribution in [1.82, 2.24) is 0 Å². The van der Waals surface area contributed by atoms with E-state index in [9.17, 15) is 15.0 Å². The van der Waals surface area contributed by atoms with Gasteiger partial charge in [-0.1, -0.05) is 19.9 Å². The van der Waals surface area contributed by atoms with E-state index in [0.29, 0.717) is 5.56 Å². The van der Waals surface area contributed by atoms with Crippen molar-refractivity contribution in [3.8, 4) is 11.5 Å². The van der Waals surface area contributed by atoms with Crippen LogP contribution in [0.25, 0.3) is 0 Å². The molecule has 1 aromatic carbocycles. The molecule has 106 valence electrons. The van der Waals surface area contributed by atoms with Crippen molar-refractivity contribution >= 4 is 5.97 Å². The predicted molar refractivity (Wildman–Crippen MR) is 71.8 cm³/mol. The van der Waals surface area contributed by atoms with Crippen LogP contribution in [-0.4, -0.2) is 28.3 Å². The van der Waals surface area contributed by atoms with Crippen molar-refractivity contribution in [3.63, 3.8) is 0 Å². The van der Waals surface area contributed by atoms with E-state index >= 15 is 0 Å². The summed E-state index contributed by atoms with van der Waals surface area (Å²) in [7, 11) is 0. The maximum absolute atomic E-state index is 11.8. The Balaban J connectivity index is 2.61. The minimum atomic E-state index is -0.787. The second kappa shape index (κ2) is 6.43. The average Bonchev–Trinajstić information content (AvgIpc) is 2.33. The first-order valence-electron chi connectivity index (χ1n) is 6.28. The summed E-state index contributed by atoms with van der Waals surface area (Å²) < 4.78 is 5.22. The van der Waals surface area contributed by atoms with Crippen LogP contribution >= 0.6 is 0 Å². The van der Waals surface area contributed by atoms with E-state index in [4.69, 9.17) is 10.5 Å². The normalized spacial score (nSPS) is 14.2. The third-order valence-electron chi connectivity index (χ3n) is 3.04. The fourth-order valence-electron chi connectivity index (χ4n) is 1.44. The summed E-state index contributed by atoms with van der Waals surface area (Å²) in [5, 5.41) is 18.6. The Kier molecular flexibility index (Phi) is 5.18. The Labute approximate surface area is 113 Å². The van der Waals surface area contributed by atoms with Gasteiger partial charge in [-0.3, -0.25) is 4.79 Å². The first-order valence-corrected chi connectivity index (χ1v) is 6.28. The molecule has 1 rings (SSSR count). The molecule has 0 fully saturated rings. The van der Waals surface area contributed by atoms with Crippen molar-refractivity contribution in [2.45, 2.75) is 39.3 Å².